The van der Waals surface area contributed by atoms with Gasteiger partial charge >= 0.3 is 0 Å². The van der Waals surface area contributed by atoms with Crippen LogP contribution in [-0.2, 0) is 16.6 Å². The third-order valence-electron chi connectivity index (χ3n) is 4.37. The summed E-state index contributed by atoms with van der Waals surface area (Å²) in [5.41, 5.74) is 0. The summed E-state index contributed by atoms with van der Waals surface area (Å²) >= 11 is 0. The van der Waals surface area contributed by atoms with Crippen LogP contribution >= 0.6 is 0 Å². The summed E-state index contributed by atoms with van der Waals surface area (Å²) in [7, 11) is -3.44. The van der Waals surface area contributed by atoms with Gasteiger partial charge in [0.1, 0.15) is 0 Å². The Hall–Kier alpha value is -0.960. The largest absolute Gasteiger partial charge is 0.336 e. The summed E-state index contributed by atoms with van der Waals surface area (Å²) in [6.45, 7) is 7.86. The zero-order valence-electron chi connectivity index (χ0n) is 12.4. The highest BCUT2D eigenvalue weighted by Gasteiger charge is 2.36. The van der Waals surface area contributed by atoms with E-state index in [1.807, 2.05) is 6.92 Å². The summed E-state index contributed by atoms with van der Waals surface area (Å²) in [5, 5.41) is 3.50. The molecule has 0 saturated carbocycles. The molecular weight excluding hydrogens is 290 g/mol. The van der Waals surface area contributed by atoms with Crippen LogP contribution < -0.4 is 5.32 Å². The van der Waals surface area contributed by atoms with Crippen LogP contribution in [0.4, 0.5) is 0 Å². The van der Waals surface area contributed by atoms with Crippen LogP contribution in [0.25, 0.3) is 0 Å². The number of nitrogens with one attached hydrogen (secondary N) is 1. The van der Waals surface area contributed by atoms with Crippen molar-refractivity contribution >= 4 is 10.0 Å². The second-order valence-corrected chi connectivity index (χ2v) is 7.52. The third-order valence-corrected chi connectivity index (χ3v) is 6.12. The van der Waals surface area contributed by atoms with Gasteiger partial charge in [-0.05, 0) is 13.3 Å². The van der Waals surface area contributed by atoms with E-state index in [4.69, 9.17) is 0 Å². The van der Waals surface area contributed by atoms with E-state index >= 15 is 0 Å². The maximum Gasteiger partial charge on any atom is 0.262 e. The Morgan fingerprint density at radius 2 is 2.10 bits per heavy atom. The highest BCUT2D eigenvalue weighted by Crippen LogP contribution is 2.23. The molecule has 2 saturated heterocycles. The van der Waals surface area contributed by atoms with Gasteiger partial charge in [0, 0.05) is 58.1 Å². The zero-order valence-corrected chi connectivity index (χ0v) is 13.2. The van der Waals surface area contributed by atoms with Crippen LogP contribution in [0.3, 0.4) is 0 Å². The first-order valence-corrected chi connectivity index (χ1v) is 9.02. The molecule has 1 atom stereocenters. The Bertz CT molecular complexity index is 579. The molecule has 0 radical (unpaired) electrons. The molecule has 0 aromatic carbocycles. The van der Waals surface area contributed by atoms with Gasteiger partial charge in [-0.15, -0.1) is 0 Å². The molecule has 7 nitrogen and oxygen atoms in total. The number of hydrogen-bond acceptors (Lipinski definition) is 5. The van der Waals surface area contributed by atoms with Crippen molar-refractivity contribution in [3.63, 3.8) is 0 Å². The number of aromatic nitrogens is 2. The molecule has 2 fully saturated rings. The van der Waals surface area contributed by atoms with Gasteiger partial charge in [-0.25, -0.2) is 13.4 Å². The van der Waals surface area contributed by atoms with E-state index < -0.39 is 10.0 Å². The summed E-state index contributed by atoms with van der Waals surface area (Å²) in [4.78, 5) is 6.45. The van der Waals surface area contributed by atoms with Gasteiger partial charge in [0.05, 0.1) is 6.33 Å². The molecule has 1 aromatic rings. The number of hydrogen-bond donors (Lipinski definition) is 1. The minimum Gasteiger partial charge on any atom is -0.336 e. The smallest absolute Gasteiger partial charge is 0.262 e. The predicted molar refractivity (Wildman–Crippen MR) is 79.5 cm³/mol. The fraction of sp³-hybridized carbons (Fsp3) is 0.769. The van der Waals surface area contributed by atoms with Crippen LogP contribution in [0, 0.1) is 0 Å². The normalized spacial score (nSPS) is 25.5. The van der Waals surface area contributed by atoms with E-state index in [1.54, 1.807) is 21.4 Å². The topological polar surface area (TPSA) is 70.5 Å². The number of nitrogens with zero attached hydrogens (tertiary/aromatic N) is 4. The molecule has 8 heteroatoms. The van der Waals surface area contributed by atoms with Crippen molar-refractivity contribution in [3.05, 3.63) is 12.5 Å². The number of imidazole rings is 1. The van der Waals surface area contributed by atoms with Crippen LogP contribution in [0.5, 0.6) is 0 Å². The molecule has 1 aromatic heterocycles. The lowest BCUT2D eigenvalue weighted by Gasteiger charge is -2.32. The maximum absolute atomic E-state index is 12.6. The Labute approximate surface area is 126 Å². The van der Waals surface area contributed by atoms with Gasteiger partial charge in [-0.3, -0.25) is 4.90 Å². The summed E-state index contributed by atoms with van der Waals surface area (Å²) < 4.78 is 28.6. The summed E-state index contributed by atoms with van der Waals surface area (Å²) in [5.74, 6) is 0. The summed E-state index contributed by atoms with van der Waals surface area (Å²) in [6, 6.07) is 0.343. The molecule has 0 spiro atoms. The van der Waals surface area contributed by atoms with Crippen molar-refractivity contribution < 1.29 is 8.42 Å². The molecule has 0 aliphatic carbocycles. The lowest BCUT2D eigenvalue weighted by molar-refractivity contribution is 0.179. The molecule has 3 heterocycles. The number of sulfonamides is 1. The van der Waals surface area contributed by atoms with E-state index in [0.29, 0.717) is 19.1 Å². The second-order valence-electron chi connectivity index (χ2n) is 5.63. The first kappa shape index (κ1) is 15.0. The van der Waals surface area contributed by atoms with Gasteiger partial charge in [0.15, 0.2) is 5.03 Å². The minimum absolute atomic E-state index is 0.172. The molecule has 1 N–H and O–H groups in total. The zero-order chi connectivity index (χ0) is 14.9. The molecule has 21 heavy (non-hydrogen) atoms. The lowest BCUT2D eigenvalue weighted by Crippen LogP contribution is -2.49. The Balaban J connectivity index is 1.69. The van der Waals surface area contributed by atoms with Crippen molar-refractivity contribution in [1.29, 1.82) is 0 Å². The van der Waals surface area contributed by atoms with Crippen LogP contribution in [-0.4, -0.2) is 72.5 Å². The average Bonchev–Trinajstić information content (AvgIpc) is 3.18. The van der Waals surface area contributed by atoms with Crippen molar-refractivity contribution in [2.45, 2.75) is 31.0 Å². The van der Waals surface area contributed by atoms with E-state index in [2.05, 4.69) is 15.2 Å². The molecular formula is C13H23N5O2S. The van der Waals surface area contributed by atoms with Gasteiger partial charge in [0.2, 0.25) is 0 Å². The quantitative estimate of drug-likeness (QED) is 0.817. The molecule has 2 aliphatic rings. The molecule has 3 rings (SSSR count). The highest BCUT2D eigenvalue weighted by atomic mass is 32.2. The van der Waals surface area contributed by atoms with Crippen molar-refractivity contribution in [3.8, 4) is 0 Å². The van der Waals surface area contributed by atoms with Crippen molar-refractivity contribution in [1.82, 2.24) is 24.1 Å². The number of aryl methyl sites for hydroxylation is 1. The molecule has 2 aliphatic heterocycles. The fourth-order valence-corrected chi connectivity index (χ4v) is 4.48. The van der Waals surface area contributed by atoms with E-state index in [1.165, 1.54) is 0 Å². The van der Waals surface area contributed by atoms with Crippen LogP contribution in [0.15, 0.2) is 17.6 Å². The molecule has 1 unspecified atom stereocenters. The van der Waals surface area contributed by atoms with Crippen LogP contribution in [0.2, 0.25) is 0 Å². The average molecular weight is 313 g/mol. The standard InChI is InChI=1S/C13H23N5O2S/c1-2-16-10-13(15-11-16)21(19,20)18-6-3-12(9-18)17-7-4-14-5-8-17/h10-12,14H,2-9H2,1H3. The Morgan fingerprint density at radius 3 is 2.76 bits per heavy atom. The Morgan fingerprint density at radius 1 is 1.33 bits per heavy atom. The van der Waals surface area contributed by atoms with E-state index in [0.717, 1.165) is 39.1 Å². The fourth-order valence-electron chi connectivity index (χ4n) is 3.05. The predicted octanol–water partition coefficient (Wildman–Crippen LogP) is -0.429. The number of piperazine rings is 1. The van der Waals surface area contributed by atoms with Crippen molar-refractivity contribution in [2.75, 3.05) is 39.3 Å². The maximum atomic E-state index is 12.6. The third kappa shape index (κ3) is 2.98. The lowest BCUT2D eigenvalue weighted by atomic mass is 10.2. The highest BCUT2D eigenvalue weighted by molar-refractivity contribution is 7.89. The van der Waals surface area contributed by atoms with Crippen molar-refractivity contribution in [2.24, 2.45) is 0 Å². The van der Waals surface area contributed by atoms with Gasteiger partial charge < -0.3 is 9.88 Å². The second kappa shape index (κ2) is 6.04. The number of rotatable bonds is 4. The first-order chi connectivity index (χ1) is 10.1. The Kier molecular flexibility index (Phi) is 4.30. The first-order valence-electron chi connectivity index (χ1n) is 7.58. The van der Waals surface area contributed by atoms with Gasteiger partial charge in [0.25, 0.3) is 10.0 Å². The monoisotopic (exact) mass is 313 g/mol. The molecule has 0 amide bonds. The van der Waals surface area contributed by atoms with Gasteiger partial charge in [-0.1, -0.05) is 0 Å². The molecule has 0 bridgehead atoms. The minimum atomic E-state index is -3.44. The summed E-state index contributed by atoms with van der Waals surface area (Å²) in [6.07, 6.45) is 4.11. The molecule has 118 valence electrons. The van der Waals surface area contributed by atoms with Crippen LogP contribution in [0.1, 0.15) is 13.3 Å². The van der Waals surface area contributed by atoms with E-state index in [-0.39, 0.29) is 5.03 Å². The SMILES string of the molecule is CCn1cnc(S(=O)(=O)N2CCC(N3CCNCC3)C2)c1. The van der Waals surface area contributed by atoms with Gasteiger partial charge in [-0.2, -0.15) is 4.31 Å². The van der Waals surface area contributed by atoms with E-state index in [9.17, 15) is 8.42 Å².